The van der Waals surface area contributed by atoms with Gasteiger partial charge in [0.1, 0.15) is 5.70 Å². The number of carbonyl (C=O) groups excluding carboxylic acids is 1. The maximum atomic E-state index is 11.4. The Morgan fingerprint density at radius 2 is 2.35 bits per heavy atom. The van der Waals surface area contributed by atoms with Crippen molar-refractivity contribution in [1.29, 1.82) is 0 Å². The molecule has 0 aromatic heterocycles. The van der Waals surface area contributed by atoms with Gasteiger partial charge in [-0.2, -0.15) is 0 Å². The molecule has 17 heavy (non-hydrogen) atoms. The number of carboxylic acids is 1. The lowest BCUT2D eigenvalue weighted by molar-refractivity contribution is -0.146. The summed E-state index contributed by atoms with van der Waals surface area (Å²) in [5, 5.41) is 9.35. The summed E-state index contributed by atoms with van der Waals surface area (Å²) in [5.41, 5.74) is 1.08. The van der Waals surface area contributed by atoms with Crippen LogP contribution >= 0.6 is 11.8 Å². The predicted molar refractivity (Wildman–Crippen MR) is 61.3 cm³/mol. The van der Waals surface area contributed by atoms with E-state index in [1.807, 2.05) is 6.92 Å². The maximum Gasteiger partial charge on any atom is 0.352 e. The molecule has 1 saturated heterocycles. The van der Waals surface area contributed by atoms with Crippen LogP contribution in [0.15, 0.2) is 11.3 Å². The molecule has 2 fully saturated rings. The Morgan fingerprint density at radius 1 is 1.59 bits per heavy atom. The van der Waals surface area contributed by atoms with Crippen LogP contribution in [0.3, 0.4) is 0 Å². The van der Waals surface area contributed by atoms with Crippen molar-refractivity contribution in [1.82, 2.24) is 4.90 Å². The Bertz CT molecular complexity index is 433. The van der Waals surface area contributed by atoms with Gasteiger partial charge in [0, 0.05) is 6.61 Å². The smallest absolute Gasteiger partial charge is 0.352 e. The minimum atomic E-state index is -0.988. The summed E-state index contributed by atoms with van der Waals surface area (Å²) in [6.45, 7) is 2.58. The summed E-state index contributed by atoms with van der Waals surface area (Å²) < 4.78 is 5.56. The van der Waals surface area contributed by atoms with Crippen LogP contribution in [0.1, 0.15) is 19.8 Å². The quantitative estimate of drug-likeness (QED) is 0.756. The zero-order valence-electron chi connectivity index (χ0n) is 9.38. The number of amides is 1. The molecule has 3 aliphatic rings. The molecule has 2 heterocycles. The number of carboxylic acid groups (broad SMARTS) is 1. The molecule has 0 radical (unpaired) electrons. The molecule has 1 saturated carbocycles. The van der Waals surface area contributed by atoms with Gasteiger partial charge in [-0.1, -0.05) is 0 Å². The van der Waals surface area contributed by atoms with Crippen LogP contribution in [0.4, 0.5) is 0 Å². The van der Waals surface area contributed by atoms with Gasteiger partial charge in [0.2, 0.25) is 5.91 Å². The van der Waals surface area contributed by atoms with Crippen molar-refractivity contribution in [2.75, 3.05) is 6.61 Å². The molecule has 1 amide bonds. The van der Waals surface area contributed by atoms with Gasteiger partial charge in [-0.05, 0) is 18.9 Å². The van der Waals surface area contributed by atoms with Crippen LogP contribution in [-0.4, -0.2) is 45.2 Å². The number of β-lactam (4-membered cyclic amide) rings is 1. The largest absolute Gasteiger partial charge is 0.477 e. The number of rotatable bonds is 3. The van der Waals surface area contributed by atoms with E-state index < -0.39 is 5.97 Å². The number of hydrogen-bond donors (Lipinski definition) is 1. The molecule has 3 atom stereocenters. The number of hydrogen-bond acceptors (Lipinski definition) is 4. The average Bonchev–Trinajstić information content (AvgIpc) is 2.25. The third kappa shape index (κ3) is 1.43. The molecule has 92 valence electrons. The Morgan fingerprint density at radius 3 is 2.94 bits per heavy atom. The normalized spacial score (nSPS) is 34.8. The number of ether oxygens (including phenoxy) is 1. The van der Waals surface area contributed by atoms with Crippen molar-refractivity contribution in [3.8, 4) is 0 Å². The van der Waals surface area contributed by atoms with E-state index in [-0.39, 0.29) is 28.3 Å². The fourth-order valence-electron chi connectivity index (χ4n) is 2.59. The van der Waals surface area contributed by atoms with E-state index in [1.54, 1.807) is 11.8 Å². The lowest BCUT2D eigenvalue weighted by Gasteiger charge is -2.52. The number of fused-ring (bicyclic) bond motifs is 2. The van der Waals surface area contributed by atoms with E-state index in [9.17, 15) is 14.7 Å². The molecule has 6 heteroatoms. The van der Waals surface area contributed by atoms with Crippen molar-refractivity contribution >= 4 is 23.6 Å². The molecule has 3 rings (SSSR count). The number of aliphatic carboxylic acids is 1. The topological polar surface area (TPSA) is 66.8 Å². The second-order valence-corrected chi connectivity index (χ2v) is 5.68. The third-order valence-corrected chi connectivity index (χ3v) is 5.01. The van der Waals surface area contributed by atoms with Crippen molar-refractivity contribution in [3.63, 3.8) is 0 Å². The maximum absolute atomic E-state index is 11.4. The fraction of sp³-hybridized carbons (Fsp3) is 0.636. The first-order chi connectivity index (χ1) is 8.13. The SMILES string of the molecule is CCOC1CC2=C(C(=O)O)N3C(=O)CC3SC21. The molecule has 0 bridgehead atoms. The Kier molecular flexibility index (Phi) is 2.45. The second-order valence-electron chi connectivity index (χ2n) is 4.36. The summed E-state index contributed by atoms with van der Waals surface area (Å²) in [6.07, 6.45) is 1.21. The Balaban J connectivity index is 1.90. The molecule has 0 spiro atoms. The minimum Gasteiger partial charge on any atom is -0.477 e. The first kappa shape index (κ1) is 11.1. The minimum absolute atomic E-state index is 0.00519. The van der Waals surface area contributed by atoms with Gasteiger partial charge in [0.05, 0.1) is 23.1 Å². The highest BCUT2D eigenvalue weighted by Gasteiger charge is 2.54. The van der Waals surface area contributed by atoms with E-state index in [0.717, 1.165) is 5.57 Å². The summed E-state index contributed by atoms with van der Waals surface area (Å²) in [4.78, 5) is 24.1. The number of thioether (sulfide) groups is 1. The summed E-state index contributed by atoms with van der Waals surface area (Å²) >= 11 is 1.66. The first-order valence-corrected chi connectivity index (χ1v) is 6.63. The molecule has 3 unspecified atom stereocenters. The second kappa shape index (κ2) is 3.74. The van der Waals surface area contributed by atoms with Gasteiger partial charge >= 0.3 is 5.97 Å². The van der Waals surface area contributed by atoms with Gasteiger partial charge < -0.3 is 9.84 Å². The van der Waals surface area contributed by atoms with Gasteiger partial charge in [-0.25, -0.2) is 4.79 Å². The van der Waals surface area contributed by atoms with E-state index in [0.29, 0.717) is 19.4 Å². The first-order valence-electron chi connectivity index (χ1n) is 5.69. The van der Waals surface area contributed by atoms with Crippen LogP contribution in [-0.2, 0) is 14.3 Å². The van der Waals surface area contributed by atoms with Gasteiger partial charge in [0.15, 0.2) is 0 Å². The third-order valence-electron chi connectivity index (χ3n) is 3.44. The molecule has 1 aliphatic carbocycles. The lowest BCUT2D eigenvalue weighted by Crippen LogP contribution is -2.59. The lowest BCUT2D eigenvalue weighted by atomic mass is 9.84. The van der Waals surface area contributed by atoms with Crippen molar-refractivity contribution in [2.24, 2.45) is 0 Å². The zero-order valence-corrected chi connectivity index (χ0v) is 10.2. The Hall–Kier alpha value is -1.01. The molecular formula is C11H13NO4S. The summed E-state index contributed by atoms with van der Waals surface area (Å²) in [7, 11) is 0. The van der Waals surface area contributed by atoms with E-state index >= 15 is 0 Å². The van der Waals surface area contributed by atoms with E-state index in [4.69, 9.17) is 4.74 Å². The highest BCUT2D eigenvalue weighted by molar-refractivity contribution is 8.01. The molecule has 0 aromatic carbocycles. The van der Waals surface area contributed by atoms with Crippen LogP contribution < -0.4 is 0 Å². The van der Waals surface area contributed by atoms with Crippen LogP contribution in [0.5, 0.6) is 0 Å². The average molecular weight is 255 g/mol. The monoisotopic (exact) mass is 255 g/mol. The summed E-state index contributed by atoms with van der Waals surface area (Å²) in [5.74, 6) is -1.07. The number of nitrogens with zero attached hydrogens (tertiary/aromatic N) is 1. The predicted octanol–water partition coefficient (Wildman–Crippen LogP) is 0.808. The van der Waals surface area contributed by atoms with Crippen LogP contribution in [0.2, 0.25) is 0 Å². The number of carbonyl (C=O) groups is 2. The standard InChI is InChI=1S/C11H13NO4S/c1-2-16-6-3-5-9(11(14)15)12-7(13)4-8(12)17-10(5)6/h6,8,10H,2-4H2,1H3,(H,14,15). The molecule has 5 nitrogen and oxygen atoms in total. The molecule has 2 aliphatic heterocycles. The molecular weight excluding hydrogens is 242 g/mol. The highest BCUT2D eigenvalue weighted by atomic mass is 32.2. The van der Waals surface area contributed by atoms with Gasteiger partial charge in [0.25, 0.3) is 0 Å². The van der Waals surface area contributed by atoms with Crippen LogP contribution in [0.25, 0.3) is 0 Å². The van der Waals surface area contributed by atoms with Crippen molar-refractivity contribution in [3.05, 3.63) is 11.3 Å². The van der Waals surface area contributed by atoms with Crippen molar-refractivity contribution in [2.45, 2.75) is 36.5 Å². The zero-order chi connectivity index (χ0) is 12.2. The highest BCUT2D eigenvalue weighted by Crippen LogP contribution is 2.52. The molecule has 0 aromatic rings. The van der Waals surface area contributed by atoms with E-state index in [1.165, 1.54) is 4.90 Å². The summed E-state index contributed by atoms with van der Waals surface area (Å²) in [6, 6.07) is 0. The van der Waals surface area contributed by atoms with Crippen LogP contribution in [0, 0.1) is 0 Å². The van der Waals surface area contributed by atoms with Gasteiger partial charge in [-0.15, -0.1) is 11.8 Å². The Labute approximate surface area is 103 Å². The molecule has 1 N–H and O–H groups in total. The fourth-order valence-corrected chi connectivity index (χ4v) is 4.24. The van der Waals surface area contributed by atoms with Crippen molar-refractivity contribution < 1.29 is 19.4 Å². The van der Waals surface area contributed by atoms with E-state index in [2.05, 4.69) is 0 Å². The van der Waals surface area contributed by atoms with Gasteiger partial charge in [-0.3, -0.25) is 9.69 Å².